The summed E-state index contributed by atoms with van der Waals surface area (Å²) in [7, 11) is 1.03. The molecule has 0 saturated heterocycles. The average Bonchev–Trinajstić information content (AvgIpc) is 3.48. The van der Waals surface area contributed by atoms with Crippen LogP contribution in [0.1, 0.15) is 33.9 Å². The fourth-order valence-electron chi connectivity index (χ4n) is 4.25. The molecule has 4 rings (SSSR count). The first-order valence-corrected chi connectivity index (χ1v) is 13.4. The highest BCUT2D eigenvalue weighted by atomic mass is 19.4. The normalized spacial score (nSPS) is 15.6. The minimum Gasteiger partial charge on any atom is -0.497 e. The Morgan fingerprint density at radius 2 is 1.81 bits per heavy atom. The fourth-order valence-corrected chi connectivity index (χ4v) is 4.25. The summed E-state index contributed by atoms with van der Waals surface area (Å²) in [5.74, 6) is -6.75. The zero-order chi connectivity index (χ0) is 34.5. The fraction of sp³-hybridized carbons (Fsp3) is 0.333. The van der Waals surface area contributed by atoms with Crippen LogP contribution in [0.4, 0.5) is 36.4 Å². The number of carbonyl (C=O) groups is 4. The summed E-state index contributed by atoms with van der Waals surface area (Å²) in [5, 5.41) is 17.2. The van der Waals surface area contributed by atoms with Crippen LogP contribution in [-0.2, 0) is 25.3 Å². The molecule has 0 radical (unpaired) electrons. The summed E-state index contributed by atoms with van der Waals surface area (Å²) in [4.78, 5) is 53.1. The van der Waals surface area contributed by atoms with Gasteiger partial charge in [-0.05, 0) is 35.9 Å². The van der Waals surface area contributed by atoms with Crippen molar-refractivity contribution < 1.29 is 59.4 Å². The molecule has 0 spiro atoms. The SMILES string of the molecule is COc1cc([C@H](CC(=O)OC(=O)C(F)(F)F)NC(=O)CNC(=O)c2cc(NC3=NCC(F)CN3)c3cn[nH]c3c2)cc(C(F)(F)F)c1. The first-order valence-electron chi connectivity index (χ1n) is 13.4. The second-order valence-corrected chi connectivity index (χ2v) is 9.91. The summed E-state index contributed by atoms with van der Waals surface area (Å²) in [5.41, 5.74) is -1.01. The zero-order valence-electron chi connectivity index (χ0n) is 23.9. The van der Waals surface area contributed by atoms with E-state index < -0.39 is 72.4 Å². The van der Waals surface area contributed by atoms with Gasteiger partial charge >= 0.3 is 24.3 Å². The second-order valence-electron chi connectivity index (χ2n) is 9.91. The summed E-state index contributed by atoms with van der Waals surface area (Å²) in [6.07, 6.45) is -11.4. The number of benzene rings is 2. The van der Waals surface area contributed by atoms with Gasteiger partial charge in [0.25, 0.3) is 5.91 Å². The van der Waals surface area contributed by atoms with Crippen LogP contribution in [0.2, 0.25) is 0 Å². The van der Waals surface area contributed by atoms with Gasteiger partial charge in [-0.15, -0.1) is 0 Å². The predicted octanol–water partition coefficient (Wildman–Crippen LogP) is 2.91. The van der Waals surface area contributed by atoms with E-state index in [9.17, 15) is 49.9 Å². The molecule has 5 N–H and O–H groups in total. The number of aromatic nitrogens is 2. The number of nitrogens with zero attached hydrogens (tertiary/aromatic N) is 2. The number of methoxy groups -OCH3 is 1. The highest BCUT2D eigenvalue weighted by molar-refractivity contribution is 6.07. The first kappa shape index (κ1) is 34.4. The van der Waals surface area contributed by atoms with Crippen LogP contribution in [-0.4, -0.2) is 79.0 Å². The Bertz CT molecular complexity index is 1710. The number of halogens is 7. The van der Waals surface area contributed by atoms with Crippen molar-refractivity contribution in [2.75, 3.05) is 32.1 Å². The largest absolute Gasteiger partial charge is 0.497 e. The van der Waals surface area contributed by atoms with Gasteiger partial charge in [0.05, 0.1) is 62.2 Å². The van der Waals surface area contributed by atoms with Gasteiger partial charge in [0.15, 0.2) is 5.96 Å². The van der Waals surface area contributed by atoms with Gasteiger partial charge in [-0.25, -0.2) is 14.2 Å². The van der Waals surface area contributed by atoms with E-state index in [2.05, 4.69) is 41.2 Å². The monoisotopic (exact) mass is 675 g/mol. The van der Waals surface area contributed by atoms with Gasteiger partial charge in [-0.3, -0.25) is 19.5 Å². The Kier molecular flexibility index (Phi) is 10.2. The molecule has 2 aromatic carbocycles. The number of amides is 2. The number of ether oxygens (including phenoxy) is 2. The van der Waals surface area contributed by atoms with Crippen molar-refractivity contribution in [3.63, 3.8) is 0 Å². The van der Waals surface area contributed by atoms with Crippen molar-refractivity contribution in [2.24, 2.45) is 4.99 Å². The Hall–Kier alpha value is -5.43. The molecule has 0 bridgehead atoms. The maximum Gasteiger partial charge on any atom is 0.491 e. The molecule has 1 aliphatic rings. The van der Waals surface area contributed by atoms with Gasteiger partial charge in [0.2, 0.25) is 5.91 Å². The number of fused-ring (bicyclic) bond motifs is 1. The van der Waals surface area contributed by atoms with E-state index in [1.165, 1.54) is 18.3 Å². The molecule has 1 aliphatic heterocycles. The number of H-pyrrole nitrogens is 1. The van der Waals surface area contributed by atoms with Gasteiger partial charge in [0, 0.05) is 10.9 Å². The molecular weight excluding hydrogens is 651 g/mol. The van der Waals surface area contributed by atoms with E-state index >= 15 is 0 Å². The number of alkyl halides is 7. The van der Waals surface area contributed by atoms with Crippen LogP contribution in [0.3, 0.4) is 0 Å². The number of nitrogens with one attached hydrogen (secondary N) is 5. The zero-order valence-corrected chi connectivity index (χ0v) is 23.9. The molecule has 1 aromatic heterocycles. The number of esters is 2. The molecule has 3 aromatic rings. The highest BCUT2D eigenvalue weighted by Crippen LogP contribution is 2.35. The van der Waals surface area contributed by atoms with Gasteiger partial charge in [0.1, 0.15) is 11.9 Å². The van der Waals surface area contributed by atoms with Crippen molar-refractivity contribution >= 4 is 46.3 Å². The lowest BCUT2D eigenvalue weighted by Crippen LogP contribution is -2.41. The molecule has 252 valence electrons. The van der Waals surface area contributed by atoms with Crippen LogP contribution < -0.4 is 26.0 Å². The topological polar surface area (TPSA) is 176 Å². The Morgan fingerprint density at radius 3 is 2.45 bits per heavy atom. The smallest absolute Gasteiger partial charge is 0.491 e. The number of hydrogen-bond donors (Lipinski definition) is 5. The van der Waals surface area contributed by atoms with Crippen LogP contribution in [0.15, 0.2) is 41.5 Å². The van der Waals surface area contributed by atoms with E-state index in [1.54, 1.807) is 0 Å². The van der Waals surface area contributed by atoms with E-state index in [-0.39, 0.29) is 30.4 Å². The van der Waals surface area contributed by atoms with Crippen LogP contribution in [0, 0.1) is 0 Å². The van der Waals surface area contributed by atoms with Crippen LogP contribution >= 0.6 is 0 Å². The van der Waals surface area contributed by atoms with Crippen molar-refractivity contribution in [1.29, 1.82) is 0 Å². The molecule has 13 nitrogen and oxygen atoms in total. The number of hydrogen-bond acceptors (Lipinski definition) is 10. The lowest BCUT2D eigenvalue weighted by Gasteiger charge is -2.21. The van der Waals surface area contributed by atoms with E-state index in [0.717, 1.165) is 13.2 Å². The predicted molar refractivity (Wildman–Crippen MR) is 148 cm³/mol. The summed E-state index contributed by atoms with van der Waals surface area (Å²) in [6.45, 7) is -0.915. The Balaban J connectivity index is 1.51. The highest BCUT2D eigenvalue weighted by Gasteiger charge is 2.43. The lowest BCUT2D eigenvalue weighted by atomic mass is 10.00. The third kappa shape index (κ3) is 9.07. The molecule has 2 heterocycles. The lowest BCUT2D eigenvalue weighted by molar-refractivity contribution is -0.202. The van der Waals surface area contributed by atoms with E-state index in [1.807, 2.05) is 0 Å². The number of rotatable bonds is 9. The van der Waals surface area contributed by atoms with E-state index in [0.29, 0.717) is 28.7 Å². The molecule has 0 fully saturated rings. The number of anilines is 1. The van der Waals surface area contributed by atoms with Crippen LogP contribution in [0.25, 0.3) is 10.9 Å². The number of aromatic amines is 1. The minimum atomic E-state index is -5.55. The molecule has 20 heteroatoms. The molecule has 47 heavy (non-hydrogen) atoms. The summed E-state index contributed by atoms with van der Waals surface area (Å²) in [6, 6.07) is 3.09. The van der Waals surface area contributed by atoms with Gasteiger partial charge < -0.3 is 30.7 Å². The molecule has 2 atom stereocenters. The molecule has 2 amide bonds. The molecular formula is C27H24F7N7O6. The van der Waals surface area contributed by atoms with Crippen molar-refractivity contribution in [3.8, 4) is 5.75 Å². The molecule has 0 saturated carbocycles. The third-order valence-corrected chi connectivity index (χ3v) is 6.46. The maximum atomic E-state index is 13.5. The van der Waals surface area contributed by atoms with Crippen molar-refractivity contribution in [1.82, 2.24) is 26.1 Å². The van der Waals surface area contributed by atoms with Gasteiger partial charge in [-0.2, -0.15) is 31.4 Å². The number of carbonyl (C=O) groups excluding carboxylic acids is 4. The summed E-state index contributed by atoms with van der Waals surface area (Å²) < 4.78 is 100. The van der Waals surface area contributed by atoms with Crippen molar-refractivity contribution in [2.45, 2.75) is 31.0 Å². The summed E-state index contributed by atoms with van der Waals surface area (Å²) >= 11 is 0. The number of aliphatic imine (C=N–C) groups is 1. The molecule has 1 unspecified atom stereocenters. The second kappa shape index (κ2) is 13.9. The van der Waals surface area contributed by atoms with Gasteiger partial charge in [-0.1, -0.05) is 0 Å². The Labute approximate surface area is 259 Å². The Morgan fingerprint density at radius 1 is 1.06 bits per heavy atom. The van der Waals surface area contributed by atoms with E-state index in [4.69, 9.17) is 4.74 Å². The third-order valence-electron chi connectivity index (χ3n) is 6.46. The minimum absolute atomic E-state index is 0.000282. The van der Waals surface area contributed by atoms with Crippen LogP contribution in [0.5, 0.6) is 5.75 Å². The number of guanidine groups is 1. The first-order chi connectivity index (χ1) is 22.0. The quantitative estimate of drug-likeness (QED) is 0.130. The standard InChI is InChI=1S/C27H24F7N7O6/c1-46-16-3-12(2-14(6-16)26(29,30)31)18(7-22(43)47-24(45)27(32,33)34)39-21(42)11-35-23(44)13-4-19(17-10-38-41-20(17)5-13)40-25-36-8-15(28)9-37-25/h2-6,10,15,18H,7-9,11H2,1H3,(H,35,44)(H,38,41)(H,39,42)(H2,36,37,40)/t18-/m0/s1. The maximum absolute atomic E-state index is 13.5. The molecule has 0 aliphatic carbocycles. The van der Waals surface area contributed by atoms with Crippen molar-refractivity contribution in [3.05, 3.63) is 53.2 Å². The average molecular weight is 676 g/mol.